The van der Waals surface area contributed by atoms with Crippen LogP contribution in [-0.2, 0) is 6.54 Å². The van der Waals surface area contributed by atoms with Gasteiger partial charge in [0.15, 0.2) is 0 Å². The highest BCUT2D eigenvalue weighted by Crippen LogP contribution is 2.27. The fourth-order valence-corrected chi connectivity index (χ4v) is 3.37. The van der Waals surface area contributed by atoms with E-state index in [0.29, 0.717) is 12.1 Å². The van der Waals surface area contributed by atoms with Crippen LogP contribution in [0.5, 0.6) is 0 Å². The van der Waals surface area contributed by atoms with Crippen molar-refractivity contribution in [3.05, 3.63) is 50.1 Å². The first kappa shape index (κ1) is 15.1. The molecular weight excluding hydrogens is 336 g/mol. The van der Waals surface area contributed by atoms with E-state index in [-0.39, 0.29) is 5.91 Å². The van der Waals surface area contributed by atoms with Crippen LogP contribution < -0.4 is 10.6 Å². The number of carbonyl (C=O) groups excluding carboxylic acids is 1. The largest absolute Gasteiger partial charge is 0.380 e. The van der Waals surface area contributed by atoms with Gasteiger partial charge in [-0.05, 0) is 54.0 Å². The highest BCUT2D eigenvalue weighted by molar-refractivity contribution is 9.10. The number of aryl methyl sites for hydroxylation is 1. The van der Waals surface area contributed by atoms with Crippen molar-refractivity contribution in [1.29, 1.82) is 0 Å². The van der Waals surface area contributed by atoms with E-state index in [0.717, 1.165) is 16.7 Å². The third kappa shape index (κ3) is 3.84. The Bertz CT molecular complexity index is 590. The summed E-state index contributed by atoms with van der Waals surface area (Å²) in [5.41, 5.74) is 1.64. The highest BCUT2D eigenvalue weighted by Gasteiger charge is 2.06. The molecule has 0 unspecified atom stereocenters. The summed E-state index contributed by atoms with van der Waals surface area (Å²) in [6, 6.07) is 9.68. The second-order valence-corrected chi connectivity index (χ2v) is 6.61. The summed E-state index contributed by atoms with van der Waals surface area (Å²) in [4.78, 5) is 14.3. The molecule has 0 atom stereocenters. The van der Waals surface area contributed by atoms with Crippen molar-refractivity contribution in [2.75, 3.05) is 11.9 Å². The van der Waals surface area contributed by atoms with Crippen molar-refractivity contribution >= 4 is 38.9 Å². The molecule has 0 radical (unpaired) electrons. The van der Waals surface area contributed by atoms with Crippen molar-refractivity contribution in [3.8, 4) is 0 Å². The Kier molecular flexibility index (Phi) is 5.20. The molecule has 1 amide bonds. The summed E-state index contributed by atoms with van der Waals surface area (Å²) in [5, 5.41) is 6.15. The molecule has 2 N–H and O–H groups in total. The fraction of sp³-hybridized carbons (Fsp3) is 0.267. The van der Waals surface area contributed by atoms with Gasteiger partial charge in [-0.25, -0.2) is 0 Å². The number of rotatable bonds is 5. The van der Waals surface area contributed by atoms with Crippen molar-refractivity contribution in [2.45, 2.75) is 20.4 Å². The van der Waals surface area contributed by atoms with Gasteiger partial charge in [-0.3, -0.25) is 4.79 Å². The standard InChI is InChI=1S/C15H17BrN2OS/c1-3-17-15(19)11-5-4-6-12(7-11)18-9-13-8-14(16)10(2)20-13/h4-8,18H,3,9H2,1-2H3,(H,17,19). The van der Waals surface area contributed by atoms with Crippen LogP contribution in [0.2, 0.25) is 0 Å². The minimum atomic E-state index is -0.0362. The zero-order valence-corrected chi connectivity index (χ0v) is 13.9. The lowest BCUT2D eigenvalue weighted by Gasteiger charge is -2.07. The summed E-state index contributed by atoms with van der Waals surface area (Å²) >= 11 is 5.28. The topological polar surface area (TPSA) is 41.1 Å². The molecule has 1 aromatic heterocycles. The molecule has 2 aromatic rings. The number of amides is 1. The van der Waals surface area contributed by atoms with Gasteiger partial charge in [-0.15, -0.1) is 11.3 Å². The van der Waals surface area contributed by atoms with E-state index in [2.05, 4.69) is 39.6 Å². The Hall–Kier alpha value is -1.33. The molecule has 0 fully saturated rings. The molecule has 1 aromatic carbocycles. The molecule has 2 rings (SSSR count). The molecule has 1 heterocycles. The summed E-state index contributed by atoms with van der Waals surface area (Å²) in [5.74, 6) is -0.0362. The lowest BCUT2D eigenvalue weighted by Crippen LogP contribution is -2.22. The zero-order chi connectivity index (χ0) is 14.5. The van der Waals surface area contributed by atoms with E-state index >= 15 is 0 Å². The maximum absolute atomic E-state index is 11.8. The van der Waals surface area contributed by atoms with Crippen LogP contribution in [0.3, 0.4) is 0 Å². The number of nitrogens with one attached hydrogen (secondary N) is 2. The number of benzene rings is 1. The van der Waals surface area contributed by atoms with Gasteiger partial charge < -0.3 is 10.6 Å². The monoisotopic (exact) mass is 352 g/mol. The summed E-state index contributed by atoms with van der Waals surface area (Å²) in [7, 11) is 0. The second kappa shape index (κ2) is 6.90. The minimum absolute atomic E-state index is 0.0362. The lowest BCUT2D eigenvalue weighted by molar-refractivity contribution is 0.0956. The van der Waals surface area contributed by atoms with Crippen molar-refractivity contribution in [2.24, 2.45) is 0 Å². The minimum Gasteiger partial charge on any atom is -0.380 e. The van der Waals surface area contributed by atoms with Gasteiger partial charge >= 0.3 is 0 Å². The molecule has 0 saturated heterocycles. The van der Waals surface area contributed by atoms with Crippen LogP contribution in [0.4, 0.5) is 5.69 Å². The first-order valence-electron chi connectivity index (χ1n) is 6.47. The van der Waals surface area contributed by atoms with E-state index in [4.69, 9.17) is 0 Å². The van der Waals surface area contributed by atoms with Crippen LogP contribution in [0.1, 0.15) is 27.0 Å². The van der Waals surface area contributed by atoms with Crippen LogP contribution in [0.15, 0.2) is 34.8 Å². The van der Waals surface area contributed by atoms with Crippen LogP contribution in [-0.4, -0.2) is 12.5 Å². The van der Waals surface area contributed by atoms with Crippen LogP contribution >= 0.6 is 27.3 Å². The maximum Gasteiger partial charge on any atom is 0.251 e. The Morgan fingerprint density at radius 3 is 2.80 bits per heavy atom. The van der Waals surface area contributed by atoms with Gasteiger partial charge in [0.1, 0.15) is 0 Å². The number of thiophene rings is 1. The number of anilines is 1. The summed E-state index contributed by atoms with van der Waals surface area (Å²) in [6.45, 7) is 5.40. The van der Waals surface area contributed by atoms with Crippen molar-refractivity contribution < 1.29 is 4.79 Å². The van der Waals surface area contributed by atoms with Crippen LogP contribution in [0, 0.1) is 6.92 Å². The summed E-state index contributed by atoms with van der Waals surface area (Å²) < 4.78 is 1.15. The van der Waals surface area contributed by atoms with E-state index in [1.54, 1.807) is 11.3 Å². The van der Waals surface area contributed by atoms with E-state index in [1.165, 1.54) is 9.75 Å². The maximum atomic E-state index is 11.8. The Labute approximate surface area is 131 Å². The van der Waals surface area contributed by atoms with Gasteiger partial charge in [0.2, 0.25) is 0 Å². The van der Waals surface area contributed by atoms with E-state index in [1.807, 2.05) is 31.2 Å². The smallest absolute Gasteiger partial charge is 0.251 e. The predicted molar refractivity (Wildman–Crippen MR) is 88.5 cm³/mol. The number of hydrogen-bond acceptors (Lipinski definition) is 3. The lowest BCUT2D eigenvalue weighted by atomic mass is 10.2. The summed E-state index contributed by atoms with van der Waals surface area (Å²) in [6.07, 6.45) is 0. The normalized spacial score (nSPS) is 10.3. The molecule has 0 aliphatic rings. The fourth-order valence-electron chi connectivity index (χ4n) is 1.83. The molecular formula is C15H17BrN2OS. The average Bonchev–Trinajstić information content (AvgIpc) is 2.76. The average molecular weight is 353 g/mol. The number of hydrogen-bond donors (Lipinski definition) is 2. The Morgan fingerprint density at radius 2 is 2.15 bits per heavy atom. The van der Waals surface area contributed by atoms with Crippen molar-refractivity contribution in [1.82, 2.24) is 5.32 Å². The third-order valence-corrected chi connectivity index (χ3v) is 4.97. The zero-order valence-electron chi connectivity index (χ0n) is 11.5. The molecule has 0 aliphatic carbocycles. The van der Waals surface area contributed by atoms with Gasteiger partial charge in [-0.1, -0.05) is 6.07 Å². The van der Waals surface area contributed by atoms with E-state index < -0.39 is 0 Å². The number of halogens is 1. The Morgan fingerprint density at radius 1 is 1.35 bits per heavy atom. The molecule has 106 valence electrons. The van der Waals surface area contributed by atoms with Gasteiger partial charge in [0.25, 0.3) is 5.91 Å². The second-order valence-electron chi connectivity index (χ2n) is 4.41. The predicted octanol–water partition coefficient (Wildman–Crippen LogP) is 4.18. The van der Waals surface area contributed by atoms with Crippen molar-refractivity contribution in [3.63, 3.8) is 0 Å². The highest BCUT2D eigenvalue weighted by atomic mass is 79.9. The molecule has 20 heavy (non-hydrogen) atoms. The Balaban J connectivity index is 2.02. The third-order valence-electron chi connectivity index (χ3n) is 2.84. The first-order chi connectivity index (χ1) is 9.60. The van der Waals surface area contributed by atoms with Gasteiger partial charge in [0, 0.05) is 38.6 Å². The first-order valence-corrected chi connectivity index (χ1v) is 8.08. The number of carbonyl (C=O) groups is 1. The molecule has 0 aliphatic heterocycles. The molecule has 0 saturated carbocycles. The quantitative estimate of drug-likeness (QED) is 0.847. The van der Waals surface area contributed by atoms with Crippen LogP contribution in [0.25, 0.3) is 0 Å². The van der Waals surface area contributed by atoms with E-state index in [9.17, 15) is 4.79 Å². The molecule has 3 nitrogen and oxygen atoms in total. The molecule has 0 bridgehead atoms. The van der Waals surface area contributed by atoms with Gasteiger partial charge in [0.05, 0.1) is 0 Å². The molecule has 0 spiro atoms. The SMILES string of the molecule is CCNC(=O)c1cccc(NCc2cc(Br)c(C)s2)c1. The van der Waals surface area contributed by atoms with Gasteiger partial charge in [-0.2, -0.15) is 0 Å². The molecule has 5 heteroatoms.